The third-order valence-corrected chi connectivity index (χ3v) is 9.26. The number of hydrogen-bond acceptors (Lipinski definition) is 4. The van der Waals surface area contributed by atoms with Gasteiger partial charge in [-0.2, -0.15) is 10.5 Å². The minimum atomic E-state index is 0.391. The van der Waals surface area contributed by atoms with Gasteiger partial charge in [0.05, 0.1) is 33.4 Å². The Morgan fingerprint density at radius 3 is 1.88 bits per heavy atom. The molecule has 0 bridgehead atoms. The van der Waals surface area contributed by atoms with Crippen molar-refractivity contribution in [2.75, 3.05) is 4.90 Å². The van der Waals surface area contributed by atoms with Gasteiger partial charge in [0.2, 0.25) is 0 Å². The van der Waals surface area contributed by atoms with Crippen molar-refractivity contribution < 1.29 is 4.42 Å². The summed E-state index contributed by atoms with van der Waals surface area (Å²) in [6.07, 6.45) is 0. The van der Waals surface area contributed by atoms with Gasteiger partial charge < -0.3 is 13.9 Å². The van der Waals surface area contributed by atoms with Crippen molar-refractivity contribution in [3.05, 3.63) is 169 Å². The summed E-state index contributed by atoms with van der Waals surface area (Å²) >= 11 is 0. The predicted octanol–water partition coefficient (Wildman–Crippen LogP) is 11.6. The summed E-state index contributed by atoms with van der Waals surface area (Å²) in [5.41, 5.74) is 9.35. The van der Waals surface area contributed by atoms with E-state index in [4.69, 9.17) is 4.42 Å². The lowest BCUT2D eigenvalue weighted by Gasteiger charge is -2.28. The van der Waals surface area contributed by atoms with E-state index in [2.05, 4.69) is 65.2 Å². The second kappa shape index (κ2) is 11.3. The van der Waals surface area contributed by atoms with E-state index in [0.29, 0.717) is 22.5 Å². The van der Waals surface area contributed by atoms with Gasteiger partial charge in [0.25, 0.3) is 0 Å². The van der Waals surface area contributed by atoms with Gasteiger partial charge in [-0.1, -0.05) is 91.0 Å². The molecule has 0 fully saturated rings. The molecule has 0 atom stereocenters. The first kappa shape index (κ1) is 28.2. The number of nitrogens with zero attached hydrogens (tertiary/aromatic N) is 4. The molecule has 0 amide bonds. The number of benzene rings is 7. The van der Waals surface area contributed by atoms with Crippen LogP contribution in [0.2, 0.25) is 0 Å². The van der Waals surface area contributed by atoms with Crippen LogP contribution < -0.4 is 4.90 Å². The van der Waals surface area contributed by atoms with E-state index < -0.39 is 0 Å². The Balaban J connectivity index is 1.41. The fourth-order valence-electron chi connectivity index (χ4n) is 7.12. The zero-order valence-corrected chi connectivity index (χ0v) is 26.2. The van der Waals surface area contributed by atoms with Gasteiger partial charge >= 0.3 is 0 Å². The second-order valence-corrected chi connectivity index (χ2v) is 12.0. The standard InChI is InChI=1S/C44H26N4O/c45-27-31-21-24-39(37(28-46)43(31)47(32-14-6-2-7-15-32)33-16-8-3-9-17-33)48-38-23-20-30(29-12-4-1-5-13-29)26-36(38)42-40(48)25-22-35-34-18-10-11-19-41(34)49-44(35)42/h1-26H. The third-order valence-electron chi connectivity index (χ3n) is 9.26. The molecule has 0 spiro atoms. The molecule has 2 aromatic heterocycles. The number of aromatic nitrogens is 1. The first-order chi connectivity index (χ1) is 24.2. The molecule has 9 aromatic rings. The van der Waals surface area contributed by atoms with E-state index in [-0.39, 0.29) is 0 Å². The maximum absolute atomic E-state index is 11.0. The molecular formula is C44H26N4O. The normalized spacial score (nSPS) is 11.2. The van der Waals surface area contributed by atoms with Crippen molar-refractivity contribution in [3.63, 3.8) is 0 Å². The van der Waals surface area contributed by atoms with E-state index >= 15 is 0 Å². The molecule has 0 saturated carbocycles. The van der Waals surface area contributed by atoms with Crippen LogP contribution in [0.4, 0.5) is 17.1 Å². The molecule has 228 valence electrons. The van der Waals surface area contributed by atoms with Crippen molar-refractivity contribution in [2.45, 2.75) is 0 Å². The van der Waals surface area contributed by atoms with Crippen LogP contribution in [0.5, 0.6) is 0 Å². The molecule has 2 heterocycles. The number of furan rings is 1. The smallest absolute Gasteiger partial charge is 0.145 e. The third kappa shape index (κ3) is 4.38. The van der Waals surface area contributed by atoms with E-state index in [9.17, 15) is 10.5 Å². The van der Waals surface area contributed by atoms with Gasteiger partial charge in [0.1, 0.15) is 28.9 Å². The Morgan fingerprint density at radius 1 is 0.531 bits per heavy atom. The van der Waals surface area contributed by atoms with Crippen LogP contribution in [0.25, 0.3) is 60.6 Å². The van der Waals surface area contributed by atoms with Gasteiger partial charge in [0, 0.05) is 27.5 Å². The molecule has 0 aliphatic carbocycles. The quantitative estimate of drug-likeness (QED) is 0.191. The Morgan fingerprint density at radius 2 is 1.18 bits per heavy atom. The van der Waals surface area contributed by atoms with Gasteiger partial charge in [-0.3, -0.25) is 0 Å². The van der Waals surface area contributed by atoms with Gasteiger partial charge in [-0.05, 0) is 77.9 Å². The Hall–Kier alpha value is -7.08. The zero-order valence-electron chi connectivity index (χ0n) is 26.2. The average molecular weight is 627 g/mol. The summed E-state index contributed by atoms with van der Waals surface area (Å²) in [5.74, 6) is 0. The highest BCUT2D eigenvalue weighted by atomic mass is 16.3. The van der Waals surface area contributed by atoms with Crippen LogP contribution in [0.15, 0.2) is 162 Å². The topological polar surface area (TPSA) is 68.9 Å². The molecule has 9 rings (SSSR count). The molecule has 0 aliphatic heterocycles. The number of rotatable bonds is 5. The zero-order chi connectivity index (χ0) is 32.9. The molecule has 0 radical (unpaired) electrons. The van der Waals surface area contributed by atoms with Crippen molar-refractivity contribution in [1.82, 2.24) is 4.57 Å². The highest BCUT2D eigenvalue weighted by Gasteiger charge is 2.26. The van der Waals surface area contributed by atoms with E-state index in [0.717, 1.165) is 66.2 Å². The number of hydrogen-bond donors (Lipinski definition) is 0. The monoisotopic (exact) mass is 626 g/mol. The Kier molecular flexibility index (Phi) is 6.50. The van der Waals surface area contributed by atoms with Crippen LogP contribution >= 0.6 is 0 Å². The summed E-state index contributed by atoms with van der Waals surface area (Å²) in [4.78, 5) is 2.00. The van der Waals surface area contributed by atoms with Crippen molar-refractivity contribution in [2.24, 2.45) is 0 Å². The number of fused-ring (bicyclic) bond motifs is 7. The van der Waals surface area contributed by atoms with Crippen LogP contribution in [0, 0.1) is 22.7 Å². The van der Waals surface area contributed by atoms with Crippen molar-refractivity contribution >= 4 is 60.8 Å². The van der Waals surface area contributed by atoms with Crippen LogP contribution in [-0.4, -0.2) is 4.57 Å². The van der Waals surface area contributed by atoms with Crippen molar-refractivity contribution in [1.29, 1.82) is 10.5 Å². The molecule has 0 N–H and O–H groups in total. The lowest BCUT2D eigenvalue weighted by molar-refractivity contribution is 0.673. The van der Waals surface area contributed by atoms with Crippen LogP contribution in [-0.2, 0) is 0 Å². The molecule has 0 aliphatic rings. The second-order valence-electron chi connectivity index (χ2n) is 12.0. The number of anilines is 3. The van der Waals surface area contributed by atoms with Crippen LogP contribution in [0.3, 0.4) is 0 Å². The first-order valence-corrected chi connectivity index (χ1v) is 16.1. The van der Waals surface area contributed by atoms with E-state index in [1.807, 2.05) is 114 Å². The van der Waals surface area contributed by atoms with Gasteiger partial charge in [-0.15, -0.1) is 0 Å². The molecule has 49 heavy (non-hydrogen) atoms. The van der Waals surface area contributed by atoms with E-state index in [1.165, 1.54) is 0 Å². The van der Waals surface area contributed by atoms with Gasteiger partial charge in [-0.25, -0.2) is 0 Å². The minimum Gasteiger partial charge on any atom is -0.455 e. The van der Waals surface area contributed by atoms with Crippen LogP contribution in [0.1, 0.15) is 11.1 Å². The van der Waals surface area contributed by atoms with E-state index in [1.54, 1.807) is 0 Å². The maximum atomic E-state index is 11.0. The Bertz CT molecular complexity index is 2740. The fourth-order valence-corrected chi connectivity index (χ4v) is 7.12. The first-order valence-electron chi connectivity index (χ1n) is 16.1. The lowest BCUT2D eigenvalue weighted by atomic mass is 10.0. The summed E-state index contributed by atoms with van der Waals surface area (Å²) in [6.45, 7) is 0. The lowest BCUT2D eigenvalue weighted by Crippen LogP contribution is -2.14. The highest BCUT2D eigenvalue weighted by Crippen LogP contribution is 2.45. The van der Waals surface area contributed by atoms with Gasteiger partial charge in [0.15, 0.2) is 0 Å². The molecule has 7 aromatic carbocycles. The fraction of sp³-hybridized carbons (Fsp3) is 0. The summed E-state index contributed by atoms with van der Waals surface area (Å²) in [5, 5.41) is 25.6. The minimum absolute atomic E-state index is 0.391. The highest BCUT2D eigenvalue weighted by molar-refractivity contribution is 6.24. The summed E-state index contributed by atoms with van der Waals surface area (Å²) in [6, 6.07) is 57.5. The molecule has 5 nitrogen and oxygen atoms in total. The summed E-state index contributed by atoms with van der Waals surface area (Å²) < 4.78 is 8.75. The maximum Gasteiger partial charge on any atom is 0.145 e. The molecule has 0 unspecified atom stereocenters. The molecule has 0 saturated heterocycles. The largest absolute Gasteiger partial charge is 0.455 e. The average Bonchev–Trinajstić information content (AvgIpc) is 3.71. The molecule has 5 heteroatoms. The van der Waals surface area contributed by atoms with Crippen molar-refractivity contribution in [3.8, 4) is 29.0 Å². The SMILES string of the molecule is N#Cc1ccc(-n2c3ccc(-c4ccccc4)cc3c3c4oc5ccccc5c4ccc32)c(C#N)c1N(c1ccccc1)c1ccccc1. The predicted molar refractivity (Wildman–Crippen MR) is 198 cm³/mol. The molecular weight excluding hydrogens is 601 g/mol. The number of para-hydroxylation sites is 3. The summed E-state index contributed by atoms with van der Waals surface area (Å²) in [7, 11) is 0. The Labute approximate surface area is 282 Å². The number of nitriles is 2.